The summed E-state index contributed by atoms with van der Waals surface area (Å²) in [6.07, 6.45) is -5.96. The highest BCUT2D eigenvalue weighted by atomic mass is 19.4. The minimum Gasteiger partial charge on any atom is -0.439 e. The lowest BCUT2D eigenvalue weighted by molar-refractivity contribution is -0.137. The van der Waals surface area contributed by atoms with E-state index in [9.17, 15) is 18.0 Å². The Bertz CT molecular complexity index is 670. The van der Waals surface area contributed by atoms with Gasteiger partial charge < -0.3 is 14.4 Å². The van der Waals surface area contributed by atoms with E-state index in [0.29, 0.717) is 26.3 Å². The van der Waals surface area contributed by atoms with E-state index in [1.807, 2.05) is 0 Å². The van der Waals surface area contributed by atoms with Crippen LogP contribution in [0, 0.1) is 0 Å². The quantitative estimate of drug-likeness (QED) is 0.896. The summed E-state index contributed by atoms with van der Waals surface area (Å²) < 4.78 is 50.7. The fourth-order valence-electron chi connectivity index (χ4n) is 2.74. The fraction of sp³-hybridized carbons (Fsp3) is 0.467. The average molecular weight is 343 g/mol. The Hall–Kier alpha value is -2.29. The monoisotopic (exact) mass is 343 g/mol. The molecule has 0 unspecified atom stereocenters. The topological polar surface area (TPSA) is 63.2 Å². The number of hydrogen-bond donors (Lipinski definition) is 1. The van der Waals surface area contributed by atoms with Crippen molar-refractivity contribution < 1.29 is 27.4 Å². The average Bonchev–Trinajstić information content (AvgIpc) is 2.54. The van der Waals surface area contributed by atoms with Crippen LogP contribution in [0.25, 0.3) is 0 Å². The van der Waals surface area contributed by atoms with Crippen LogP contribution in [0.2, 0.25) is 0 Å². The number of anilines is 1. The molecule has 0 aliphatic carbocycles. The van der Waals surface area contributed by atoms with Gasteiger partial charge in [0.25, 0.3) is 0 Å². The van der Waals surface area contributed by atoms with Crippen molar-refractivity contribution in [1.29, 1.82) is 0 Å². The maximum absolute atomic E-state index is 13.5. The molecule has 0 saturated carbocycles. The molecule has 1 N–H and O–H groups in total. The van der Waals surface area contributed by atoms with Crippen LogP contribution in [0.15, 0.2) is 23.3 Å². The third-order valence-electron chi connectivity index (χ3n) is 3.89. The van der Waals surface area contributed by atoms with Gasteiger partial charge in [0.1, 0.15) is 11.8 Å². The highest BCUT2D eigenvalue weighted by Crippen LogP contribution is 2.38. The molecule has 6 nitrogen and oxygen atoms in total. The molecule has 3 rings (SSSR count). The molecule has 1 saturated heterocycles. The van der Waals surface area contributed by atoms with Gasteiger partial charge in [0.05, 0.1) is 18.8 Å². The summed E-state index contributed by atoms with van der Waals surface area (Å²) in [6.45, 7) is 3.14. The zero-order chi connectivity index (χ0) is 17.3. The summed E-state index contributed by atoms with van der Waals surface area (Å²) in [6, 6.07) is 4.02. The first-order valence-electron chi connectivity index (χ1n) is 7.45. The van der Waals surface area contributed by atoms with Gasteiger partial charge in [-0.3, -0.25) is 0 Å². The Balaban J connectivity index is 2.00. The summed E-state index contributed by atoms with van der Waals surface area (Å²) in [5, 5.41) is 3.82. The summed E-state index contributed by atoms with van der Waals surface area (Å²) >= 11 is 0. The number of halogens is 3. The second-order valence-corrected chi connectivity index (χ2v) is 5.49. The van der Waals surface area contributed by atoms with Crippen molar-refractivity contribution in [3.8, 4) is 0 Å². The number of ether oxygens (including phenoxy) is 2. The molecule has 2 heterocycles. The molecule has 130 valence electrons. The standard InChI is InChI=1S/C15H16F3N3O3/c1-9-13(19-20-14(22)24-9)10-2-3-12(11(8-10)15(16,17)18)21-4-6-23-7-5-21/h2-3,8-9H,4-7H2,1H3,(H,20,22)/t9-/m1/s1. The summed E-state index contributed by atoms with van der Waals surface area (Å²) in [5.41, 5.74) is 1.99. The number of carbonyl (C=O) groups is 1. The predicted octanol–water partition coefficient (Wildman–Crippen LogP) is 2.37. The Labute approximate surface area is 136 Å². The lowest BCUT2D eigenvalue weighted by Gasteiger charge is -2.31. The van der Waals surface area contributed by atoms with Crippen LogP contribution >= 0.6 is 0 Å². The molecule has 24 heavy (non-hydrogen) atoms. The van der Waals surface area contributed by atoms with Crippen LogP contribution in [0.4, 0.5) is 23.7 Å². The highest BCUT2D eigenvalue weighted by Gasteiger charge is 2.36. The van der Waals surface area contributed by atoms with E-state index in [-0.39, 0.29) is 17.0 Å². The lowest BCUT2D eigenvalue weighted by Crippen LogP contribution is -2.38. The summed E-state index contributed by atoms with van der Waals surface area (Å²) in [7, 11) is 0. The SMILES string of the molecule is C[C@H]1OC(=O)NN=C1c1ccc(N2CCOCC2)c(C(F)(F)F)c1. The normalized spacial score (nSPS) is 21.8. The second-order valence-electron chi connectivity index (χ2n) is 5.49. The third-order valence-corrected chi connectivity index (χ3v) is 3.89. The molecule has 0 spiro atoms. The zero-order valence-electron chi connectivity index (χ0n) is 12.9. The van der Waals surface area contributed by atoms with Gasteiger partial charge in [-0.05, 0) is 19.1 Å². The molecule has 1 amide bonds. The number of alkyl halides is 3. The van der Waals surface area contributed by atoms with Crippen LogP contribution in [0.1, 0.15) is 18.1 Å². The largest absolute Gasteiger partial charge is 0.439 e. The minimum absolute atomic E-state index is 0.114. The van der Waals surface area contributed by atoms with Gasteiger partial charge in [-0.25, -0.2) is 10.2 Å². The molecular weight excluding hydrogens is 327 g/mol. The number of hydrogen-bond acceptors (Lipinski definition) is 5. The summed E-state index contributed by atoms with van der Waals surface area (Å²) in [4.78, 5) is 12.8. The number of hydrazone groups is 1. The first-order valence-corrected chi connectivity index (χ1v) is 7.45. The van der Waals surface area contributed by atoms with E-state index in [2.05, 4.69) is 10.5 Å². The van der Waals surface area contributed by atoms with E-state index >= 15 is 0 Å². The number of nitrogens with zero attached hydrogens (tertiary/aromatic N) is 2. The van der Waals surface area contributed by atoms with E-state index < -0.39 is 23.9 Å². The van der Waals surface area contributed by atoms with Gasteiger partial charge in [-0.1, -0.05) is 6.07 Å². The molecule has 1 fully saturated rings. The molecule has 1 aromatic rings. The minimum atomic E-state index is -4.51. The molecule has 2 aliphatic rings. The molecule has 0 radical (unpaired) electrons. The van der Waals surface area contributed by atoms with Crippen LogP contribution in [-0.4, -0.2) is 44.2 Å². The first kappa shape index (κ1) is 16.6. The van der Waals surface area contributed by atoms with E-state index in [0.717, 1.165) is 6.07 Å². The third kappa shape index (κ3) is 3.30. The van der Waals surface area contributed by atoms with Gasteiger partial charge in [-0.15, -0.1) is 0 Å². The van der Waals surface area contributed by atoms with Crippen molar-refractivity contribution in [2.24, 2.45) is 5.10 Å². The van der Waals surface area contributed by atoms with Crippen LogP contribution in [0.3, 0.4) is 0 Å². The molecular formula is C15H16F3N3O3. The molecule has 0 aromatic heterocycles. The van der Waals surface area contributed by atoms with Crippen LogP contribution in [-0.2, 0) is 15.7 Å². The molecule has 2 aliphatic heterocycles. The van der Waals surface area contributed by atoms with Gasteiger partial charge in [-0.2, -0.15) is 18.3 Å². The van der Waals surface area contributed by atoms with E-state index in [4.69, 9.17) is 9.47 Å². The van der Waals surface area contributed by atoms with Crippen molar-refractivity contribution in [2.75, 3.05) is 31.2 Å². The number of carbonyl (C=O) groups excluding carboxylic acids is 1. The fourth-order valence-corrected chi connectivity index (χ4v) is 2.74. The van der Waals surface area contributed by atoms with Crippen molar-refractivity contribution in [1.82, 2.24) is 5.43 Å². The highest BCUT2D eigenvalue weighted by molar-refractivity contribution is 6.06. The summed E-state index contributed by atoms with van der Waals surface area (Å²) in [5.74, 6) is 0. The number of benzene rings is 1. The number of nitrogens with one attached hydrogen (secondary N) is 1. The van der Waals surface area contributed by atoms with Crippen LogP contribution < -0.4 is 10.3 Å². The molecule has 0 bridgehead atoms. The van der Waals surface area contributed by atoms with E-state index in [1.54, 1.807) is 17.9 Å². The van der Waals surface area contributed by atoms with Crippen molar-refractivity contribution in [2.45, 2.75) is 19.2 Å². The Morgan fingerprint density at radius 2 is 2.00 bits per heavy atom. The molecule has 9 heteroatoms. The van der Waals surface area contributed by atoms with Gasteiger partial charge in [0, 0.05) is 24.3 Å². The second kappa shape index (κ2) is 6.31. The maximum Gasteiger partial charge on any atom is 0.428 e. The van der Waals surface area contributed by atoms with Crippen LogP contribution in [0.5, 0.6) is 0 Å². The van der Waals surface area contributed by atoms with Gasteiger partial charge >= 0.3 is 12.3 Å². The Kier molecular flexibility index (Phi) is 4.35. The number of rotatable bonds is 2. The van der Waals surface area contributed by atoms with E-state index in [1.165, 1.54) is 6.07 Å². The predicted molar refractivity (Wildman–Crippen MR) is 80.1 cm³/mol. The van der Waals surface area contributed by atoms with Gasteiger partial charge in [0.15, 0.2) is 0 Å². The molecule has 1 atom stereocenters. The number of amides is 1. The number of morpholine rings is 1. The van der Waals surface area contributed by atoms with Crippen molar-refractivity contribution in [3.05, 3.63) is 29.3 Å². The Morgan fingerprint density at radius 1 is 1.29 bits per heavy atom. The smallest absolute Gasteiger partial charge is 0.428 e. The maximum atomic E-state index is 13.5. The van der Waals surface area contributed by atoms with Crippen molar-refractivity contribution in [3.63, 3.8) is 0 Å². The molecule has 1 aromatic carbocycles. The number of cyclic esters (lactones) is 1. The van der Waals surface area contributed by atoms with Gasteiger partial charge in [0.2, 0.25) is 0 Å². The first-order chi connectivity index (χ1) is 11.4. The Morgan fingerprint density at radius 3 is 2.62 bits per heavy atom. The lowest BCUT2D eigenvalue weighted by atomic mass is 10.0. The zero-order valence-corrected chi connectivity index (χ0v) is 12.9. The van der Waals surface area contributed by atoms with Crippen molar-refractivity contribution >= 4 is 17.5 Å².